The molecular formula is C140H126N4. The van der Waals surface area contributed by atoms with Crippen LogP contribution in [0.2, 0.25) is 0 Å². The van der Waals surface area contributed by atoms with Crippen LogP contribution in [0.1, 0.15) is 290 Å². The number of aryl methyl sites for hydroxylation is 8. The summed E-state index contributed by atoms with van der Waals surface area (Å²) >= 11 is 0. The van der Waals surface area contributed by atoms with Crippen LogP contribution >= 0.6 is 0 Å². The third-order valence-electron chi connectivity index (χ3n) is 32.9. The zero-order chi connectivity index (χ0) is 97.4. The normalized spacial score (nSPS) is 13.8. The van der Waals surface area contributed by atoms with E-state index in [2.05, 4.69) is 379 Å². The van der Waals surface area contributed by atoms with E-state index in [9.17, 15) is 0 Å². The summed E-state index contributed by atoms with van der Waals surface area (Å²) in [5, 5.41) is 0. The Bertz CT molecular complexity index is 7730. The van der Waals surface area contributed by atoms with Gasteiger partial charge in [0, 0.05) is 61.4 Å². The summed E-state index contributed by atoms with van der Waals surface area (Å²) in [6, 6.07) is 117. The number of pyridine rings is 4. The van der Waals surface area contributed by atoms with Crippen LogP contribution < -0.4 is 0 Å². The molecule has 0 unspecified atom stereocenters. The largest absolute Gasteiger partial charge is 0.264 e. The molecule has 0 fully saturated rings. The predicted octanol–water partition coefficient (Wildman–Crippen LogP) is 30.0. The van der Waals surface area contributed by atoms with Crippen LogP contribution in [0, 0.1) is 55.4 Å². The van der Waals surface area contributed by atoms with Crippen molar-refractivity contribution < 1.29 is 0 Å². The number of benzene rings is 15. The van der Waals surface area contributed by atoms with Gasteiger partial charge in [-0.2, -0.15) is 0 Å². The van der Waals surface area contributed by atoms with Gasteiger partial charge < -0.3 is 0 Å². The summed E-state index contributed by atoms with van der Waals surface area (Å²) in [5.41, 5.74) is 76.8. The molecule has 0 atom stereocenters. The topological polar surface area (TPSA) is 51.6 Å². The Kier molecular flexibility index (Phi) is 26.2. The van der Waals surface area contributed by atoms with Crippen LogP contribution in [0.25, 0.3) is 0 Å². The molecule has 19 aromatic rings. The first-order chi connectivity index (χ1) is 70.5. The van der Waals surface area contributed by atoms with E-state index in [-0.39, 0.29) is 0 Å². The second-order valence-electron chi connectivity index (χ2n) is 42.5. The van der Waals surface area contributed by atoms with E-state index in [0.717, 1.165) is 141 Å². The van der Waals surface area contributed by atoms with Crippen molar-refractivity contribution in [3.63, 3.8) is 0 Å². The van der Waals surface area contributed by atoms with E-state index in [1.165, 1.54) is 234 Å². The summed E-state index contributed by atoms with van der Waals surface area (Å²) in [4.78, 5) is 17.3. The number of aromatic nitrogens is 4. The molecule has 11 aliphatic carbocycles. The Morgan fingerprint density at radius 3 is 0.715 bits per heavy atom. The van der Waals surface area contributed by atoms with Crippen molar-refractivity contribution in [2.24, 2.45) is 0 Å². The number of nitrogens with zero attached hydrogens (tertiary/aromatic N) is 4. The van der Waals surface area contributed by atoms with Crippen molar-refractivity contribution in [1.29, 1.82) is 0 Å². The summed E-state index contributed by atoms with van der Waals surface area (Å²) in [6.45, 7) is 17.5. The van der Waals surface area contributed by atoms with Crippen molar-refractivity contribution in [3.8, 4) is 0 Å². The van der Waals surface area contributed by atoms with Gasteiger partial charge in [-0.1, -0.05) is 313 Å². The first kappa shape index (κ1) is 92.6. The summed E-state index contributed by atoms with van der Waals surface area (Å²) in [5.74, 6) is 0. The SMILES string of the molecule is Cc1ccc2c(c1)Cc1c(ccc3c1Cc1ccccc1C3)C2.Cc1ccc2c(c1)Cc1cc3c(cc1C2)Cc1ccccc1C3.Cc1ccc2c(c1)Cc1ccc3c(c1C2)Cc1ccccc1C3.Cc1ccc2c(c1)Cc1ccccc1C2.Cc1cccc2c1Cc1cccnc1C2.Cc1cccc2c1Cc1ccncc1C2.Cc1cccc2c1Cc1cnccc1C2.Cc1cccc2c1Cc1ncccc1C2. The lowest BCUT2D eigenvalue weighted by Crippen LogP contribution is -2.16. The fourth-order valence-corrected chi connectivity index (χ4v) is 24.8. The zero-order valence-electron chi connectivity index (χ0n) is 84.8. The second kappa shape index (κ2) is 40.7. The highest BCUT2D eigenvalue weighted by Gasteiger charge is 2.30. The molecule has 0 N–H and O–H groups in total. The van der Waals surface area contributed by atoms with Crippen LogP contribution in [0.5, 0.6) is 0 Å². The minimum absolute atomic E-state index is 0.993. The van der Waals surface area contributed by atoms with E-state index in [1.807, 2.05) is 49.3 Å². The Morgan fingerprint density at radius 1 is 0.132 bits per heavy atom. The standard InChI is InChI=1S/3C23H20.C15H14.4C14H13N/c1-15-6-7-18-11-22-13-20-9-16-4-2-3-5-17(16)10-21(20)14-23(22)12-19(18)8-15;1-15-6-7-18-14-23-20(12-21(18)10-15)9-8-19-11-16-4-2-3-5-17(16)13-22(19)23;1-15-6-7-18-12-20-9-8-19-11-16-4-2-3-5-17(16)13-22(19)23(20)14-21(18)10-15;1-11-6-7-14-9-12-4-2-3-5-13(12)10-15(14)8-11;1-10-4-2-5-11-9-14-12(8-13(10)11)6-3-7-15-14;1-10-4-2-5-11-8-12-6-3-7-15-14(12)9-13(10)11;1-10-3-2-4-12-7-13-9-15-6-5-11(13)8-14(10)12;1-10-3-2-4-12-7-11-5-6-15-9-13(11)8-14(10)12/h2-8,13-14H,9-12H2,1H3;2*2-10H,11-14H2,1H3;2-8H,9-10H2,1H3;2*2-7H,8-9H2,1H3;2*2-6,9H,7-8H2,1H3. The molecule has 706 valence electrons. The minimum atomic E-state index is 0.993. The van der Waals surface area contributed by atoms with Gasteiger partial charge in [0.15, 0.2) is 0 Å². The van der Waals surface area contributed by atoms with E-state index < -0.39 is 0 Å². The van der Waals surface area contributed by atoms with E-state index >= 15 is 0 Å². The van der Waals surface area contributed by atoms with E-state index in [4.69, 9.17) is 0 Å². The number of rotatable bonds is 0. The highest BCUT2D eigenvalue weighted by molar-refractivity contribution is 5.62. The third-order valence-corrected chi connectivity index (χ3v) is 32.9. The second-order valence-corrected chi connectivity index (χ2v) is 42.5. The Labute approximate surface area is 852 Å². The Balaban J connectivity index is 0.0000000919. The molecule has 0 spiro atoms. The molecule has 4 aromatic heterocycles. The van der Waals surface area contributed by atoms with Gasteiger partial charge in [-0.25, -0.2) is 0 Å². The molecule has 0 bridgehead atoms. The van der Waals surface area contributed by atoms with Crippen LogP contribution in [0.4, 0.5) is 0 Å². The van der Waals surface area contributed by atoms with E-state index in [0.29, 0.717) is 0 Å². The van der Waals surface area contributed by atoms with Crippen molar-refractivity contribution in [3.05, 3.63) is 642 Å². The molecular weight excluding hydrogens is 1740 g/mol. The molecule has 15 aromatic carbocycles. The molecule has 0 radical (unpaired) electrons. The number of hydrogen-bond donors (Lipinski definition) is 0. The van der Waals surface area contributed by atoms with Crippen LogP contribution in [-0.4, -0.2) is 19.9 Å². The fraction of sp³-hybridized carbons (Fsp3) is 0.214. The van der Waals surface area contributed by atoms with Crippen molar-refractivity contribution in [1.82, 2.24) is 19.9 Å². The lowest BCUT2D eigenvalue weighted by atomic mass is 9.76. The predicted molar refractivity (Wildman–Crippen MR) is 593 cm³/mol. The molecule has 0 saturated carbocycles. The lowest BCUT2D eigenvalue weighted by Gasteiger charge is -2.28. The fourth-order valence-electron chi connectivity index (χ4n) is 24.8. The number of fused-ring (bicyclic) bond motifs is 24. The monoisotopic (exact) mass is 1860 g/mol. The van der Waals surface area contributed by atoms with Crippen molar-refractivity contribution in [2.75, 3.05) is 0 Å². The molecule has 144 heavy (non-hydrogen) atoms. The highest BCUT2D eigenvalue weighted by Crippen LogP contribution is 2.43. The third kappa shape index (κ3) is 19.8. The van der Waals surface area contributed by atoms with Gasteiger partial charge in [0.05, 0.1) is 0 Å². The maximum atomic E-state index is 4.46. The Hall–Kier alpha value is -15.1. The van der Waals surface area contributed by atoms with Crippen LogP contribution in [-0.2, 0) is 141 Å². The summed E-state index contributed by atoms with van der Waals surface area (Å²) in [7, 11) is 0. The highest BCUT2D eigenvalue weighted by atomic mass is 14.7. The molecule has 0 aliphatic heterocycles. The van der Waals surface area contributed by atoms with Gasteiger partial charge in [0.25, 0.3) is 0 Å². The van der Waals surface area contributed by atoms with Crippen molar-refractivity contribution in [2.45, 2.75) is 197 Å². The van der Waals surface area contributed by atoms with Gasteiger partial charge in [0.2, 0.25) is 0 Å². The average Bonchev–Trinajstić information content (AvgIpc) is 0.756. The van der Waals surface area contributed by atoms with Crippen molar-refractivity contribution >= 4 is 0 Å². The van der Waals surface area contributed by atoms with Gasteiger partial charge in [-0.15, -0.1) is 0 Å². The average molecular weight is 1860 g/mol. The van der Waals surface area contributed by atoms with Gasteiger partial charge in [0.1, 0.15) is 0 Å². The molecule has 30 rings (SSSR count). The smallest absolute Gasteiger partial charge is 0.0482 e. The Morgan fingerprint density at radius 2 is 0.333 bits per heavy atom. The lowest BCUT2D eigenvalue weighted by molar-refractivity contribution is 0.918. The first-order valence-electron chi connectivity index (χ1n) is 52.5. The van der Waals surface area contributed by atoms with Gasteiger partial charge in [-0.05, 0) is 464 Å². The van der Waals surface area contributed by atoms with Gasteiger partial charge in [-0.3, -0.25) is 19.9 Å². The summed E-state index contributed by atoms with van der Waals surface area (Å²) in [6.07, 6.45) is 35.3. The number of hydrogen-bond acceptors (Lipinski definition) is 4. The quantitative estimate of drug-likeness (QED) is 0.152. The van der Waals surface area contributed by atoms with Crippen LogP contribution in [0.3, 0.4) is 0 Å². The molecule has 0 saturated heterocycles. The zero-order valence-corrected chi connectivity index (χ0v) is 84.8. The minimum Gasteiger partial charge on any atom is -0.264 e. The van der Waals surface area contributed by atoms with E-state index in [1.54, 1.807) is 55.6 Å². The van der Waals surface area contributed by atoms with Crippen LogP contribution in [0.15, 0.2) is 353 Å². The first-order valence-corrected chi connectivity index (χ1v) is 52.5. The molecule has 4 heterocycles. The molecule has 0 amide bonds. The maximum absolute atomic E-state index is 4.46. The molecule has 11 aliphatic rings. The summed E-state index contributed by atoms with van der Waals surface area (Å²) < 4.78 is 0. The molecule has 4 heteroatoms. The maximum Gasteiger partial charge on any atom is 0.0482 e. The molecule has 4 nitrogen and oxygen atoms in total. The van der Waals surface area contributed by atoms with Gasteiger partial charge >= 0.3 is 0 Å².